The quantitative estimate of drug-likeness (QED) is 0.687. The minimum Gasteiger partial charge on any atom is -0.276 e. The molecule has 3 heteroatoms. The van der Waals surface area contributed by atoms with Gasteiger partial charge < -0.3 is 0 Å². The van der Waals surface area contributed by atoms with Gasteiger partial charge in [-0.15, -0.1) is 0 Å². The molecule has 0 heterocycles. The number of carbonyl (C=O) groups is 1. The summed E-state index contributed by atoms with van der Waals surface area (Å²) in [7, 11) is 0. The lowest BCUT2D eigenvalue weighted by atomic mass is 9.87. The summed E-state index contributed by atoms with van der Waals surface area (Å²) < 4.78 is 1.77. The predicted octanol–water partition coefficient (Wildman–Crippen LogP) is 3.11. The van der Waals surface area contributed by atoms with Crippen LogP contribution in [0.4, 0.5) is 0 Å². The van der Waals surface area contributed by atoms with Gasteiger partial charge in [0.1, 0.15) is 0 Å². The first-order chi connectivity index (χ1) is 6.15. The van der Waals surface area contributed by atoms with E-state index in [1.54, 1.807) is 3.93 Å². The molecule has 0 spiro atoms. The van der Waals surface area contributed by atoms with Crippen LogP contribution in [0.1, 0.15) is 46.0 Å². The molecule has 76 valence electrons. The lowest BCUT2D eigenvalue weighted by molar-refractivity contribution is -0.127. The molecular weight excluding hydrogens is 230 g/mol. The Morgan fingerprint density at radius 3 is 2.77 bits per heavy atom. The number of rotatable bonds is 2. The summed E-state index contributed by atoms with van der Waals surface area (Å²) in [5, 5.41) is 0. The molecule has 0 aliphatic heterocycles. The van der Waals surface area contributed by atoms with Gasteiger partial charge in [0.05, 0.1) is 16.1 Å². The molecule has 0 aromatic rings. The summed E-state index contributed by atoms with van der Waals surface area (Å²) in [4.78, 5) is 11.4. The third-order valence-corrected chi connectivity index (χ3v) is 3.74. The molecule has 2 unspecified atom stereocenters. The molecule has 1 fully saturated rings. The highest BCUT2D eigenvalue weighted by Gasteiger charge is 2.25. The Morgan fingerprint density at radius 2 is 2.23 bits per heavy atom. The molecule has 1 amide bonds. The van der Waals surface area contributed by atoms with Gasteiger partial charge in [-0.25, -0.2) is 0 Å². The fourth-order valence-electron chi connectivity index (χ4n) is 1.96. The lowest BCUT2D eigenvalue weighted by Crippen LogP contribution is -2.35. The Labute approximate surface area is 89.0 Å². The molecule has 0 saturated heterocycles. The third-order valence-electron chi connectivity index (χ3n) is 2.77. The van der Waals surface area contributed by atoms with Crippen molar-refractivity contribution in [2.45, 2.75) is 52.0 Å². The molecule has 1 aliphatic rings. The van der Waals surface area contributed by atoms with Crippen LogP contribution in [-0.2, 0) is 4.79 Å². The van der Waals surface area contributed by atoms with Crippen molar-refractivity contribution < 1.29 is 4.79 Å². The van der Waals surface area contributed by atoms with Gasteiger partial charge in [-0.05, 0) is 18.8 Å². The van der Waals surface area contributed by atoms with Gasteiger partial charge in [-0.2, -0.15) is 0 Å². The number of carbonyl (C=O) groups excluding carboxylic acids is 1. The molecular formula is C10H18BrNO. The molecule has 1 rings (SSSR count). The summed E-state index contributed by atoms with van der Waals surface area (Å²) in [6, 6.07) is 0.427. The van der Waals surface area contributed by atoms with E-state index in [0.29, 0.717) is 12.5 Å². The van der Waals surface area contributed by atoms with Crippen molar-refractivity contribution in [3.63, 3.8) is 0 Å². The number of halogens is 1. The zero-order chi connectivity index (χ0) is 9.84. The highest BCUT2D eigenvalue weighted by atomic mass is 79.9. The lowest BCUT2D eigenvalue weighted by Gasteiger charge is -2.32. The van der Waals surface area contributed by atoms with Crippen molar-refractivity contribution in [1.82, 2.24) is 3.93 Å². The molecule has 0 aromatic carbocycles. The Hall–Kier alpha value is -0.0500. The van der Waals surface area contributed by atoms with Crippen LogP contribution in [-0.4, -0.2) is 15.9 Å². The fraction of sp³-hybridized carbons (Fsp3) is 0.900. The average molecular weight is 248 g/mol. The van der Waals surface area contributed by atoms with Gasteiger partial charge in [-0.3, -0.25) is 8.72 Å². The summed E-state index contributed by atoms with van der Waals surface area (Å²) in [5.41, 5.74) is 0. The Bertz CT molecular complexity index is 184. The van der Waals surface area contributed by atoms with Crippen LogP contribution in [0.15, 0.2) is 0 Å². The van der Waals surface area contributed by atoms with E-state index in [1.165, 1.54) is 12.8 Å². The second-order valence-corrected chi connectivity index (χ2v) is 4.75. The van der Waals surface area contributed by atoms with E-state index in [4.69, 9.17) is 0 Å². The summed E-state index contributed by atoms with van der Waals surface area (Å²) in [6.07, 6.45) is 5.47. The molecule has 2 atom stereocenters. The Kier molecular flexibility index (Phi) is 4.23. The number of hydrogen-bond acceptors (Lipinski definition) is 1. The van der Waals surface area contributed by atoms with Crippen LogP contribution < -0.4 is 0 Å². The average Bonchev–Trinajstić information content (AvgIpc) is 2.15. The second-order valence-electron chi connectivity index (χ2n) is 3.98. The maximum absolute atomic E-state index is 11.4. The van der Waals surface area contributed by atoms with E-state index in [0.717, 1.165) is 18.8 Å². The van der Waals surface area contributed by atoms with Crippen LogP contribution in [0, 0.1) is 5.92 Å². The summed E-state index contributed by atoms with van der Waals surface area (Å²) >= 11 is 3.38. The van der Waals surface area contributed by atoms with Gasteiger partial charge in [-0.1, -0.05) is 26.7 Å². The van der Waals surface area contributed by atoms with Crippen LogP contribution in [0.3, 0.4) is 0 Å². The van der Waals surface area contributed by atoms with E-state index < -0.39 is 0 Å². The van der Waals surface area contributed by atoms with Crippen molar-refractivity contribution in [3.8, 4) is 0 Å². The Balaban J connectivity index is 2.45. The zero-order valence-electron chi connectivity index (χ0n) is 8.42. The molecule has 0 bridgehead atoms. The summed E-state index contributed by atoms with van der Waals surface area (Å²) in [5.74, 6) is 0.975. The topological polar surface area (TPSA) is 20.3 Å². The highest BCUT2D eigenvalue weighted by molar-refractivity contribution is 9.07. The van der Waals surface area contributed by atoms with Crippen molar-refractivity contribution in [3.05, 3.63) is 0 Å². The van der Waals surface area contributed by atoms with Crippen LogP contribution in [0.25, 0.3) is 0 Å². The standard InChI is InChI=1S/C10H18BrNO/c1-3-10(13)12(11)9-6-4-5-8(2)7-9/h8-9H,3-7H2,1-2H3. The molecule has 1 aliphatic carbocycles. The van der Waals surface area contributed by atoms with Crippen molar-refractivity contribution in [2.24, 2.45) is 5.92 Å². The van der Waals surface area contributed by atoms with E-state index in [1.807, 2.05) is 6.92 Å². The molecule has 0 N–H and O–H groups in total. The smallest absolute Gasteiger partial charge is 0.232 e. The van der Waals surface area contributed by atoms with Gasteiger partial charge in [0.25, 0.3) is 0 Å². The maximum atomic E-state index is 11.4. The van der Waals surface area contributed by atoms with Gasteiger partial charge in [0.15, 0.2) is 0 Å². The van der Waals surface area contributed by atoms with Crippen molar-refractivity contribution >= 4 is 22.1 Å². The maximum Gasteiger partial charge on any atom is 0.232 e. The first-order valence-electron chi connectivity index (χ1n) is 5.13. The molecule has 2 nitrogen and oxygen atoms in total. The SMILES string of the molecule is CCC(=O)N(Br)C1CCCC(C)C1. The van der Waals surface area contributed by atoms with Crippen molar-refractivity contribution in [2.75, 3.05) is 0 Å². The first kappa shape index (κ1) is 11.0. The molecule has 0 aromatic heterocycles. The number of nitrogens with zero attached hydrogens (tertiary/aromatic N) is 1. The zero-order valence-corrected chi connectivity index (χ0v) is 10.0. The molecule has 1 saturated carbocycles. The Morgan fingerprint density at radius 1 is 1.54 bits per heavy atom. The monoisotopic (exact) mass is 247 g/mol. The van der Waals surface area contributed by atoms with E-state index in [2.05, 4.69) is 23.1 Å². The number of amides is 1. The largest absolute Gasteiger partial charge is 0.276 e. The first-order valence-corrected chi connectivity index (χ1v) is 5.84. The minimum atomic E-state index is 0.208. The van der Waals surface area contributed by atoms with E-state index >= 15 is 0 Å². The molecule has 13 heavy (non-hydrogen) atoms. The van der Waals surface area contributed by atoms with E-state index in [-0.39, 0.29) is 5.91 Å². The van der Waals surface area contributed by atoms with E-state index in [9.17, 15) is 4.79 Å². The van der Waals surface area contributed by atoms with Gasteiger partial charge in [0, 0.05) is 12.5 Å². The fourth-order valence-corrected chi connectivity index (χ4v) is 2.59. The van der Waals surface area contributed by atoms with Crippen LogP contribution in [0.2, 0.25) is 0 Å². The predicted molar refractivity (Wildman–Crippen MR) is 57.5 cm³/mol. The van der Waals surface area contributed by atoms with Crippen LogP contribution in [0.5, 0.6) is 0 Å². The second kappa shape index (κ2) is 4.99. The van der Waals surface area contributed by atoms with Gasteiger partial charge in [0.2, 0.25) is 5.91 Å². The third kappa shape index (κ3) is 2.97. The number of hydrogen-bond donors (Lipinski definition) is 0. The summed E-state index contributed by atoms with van der Waals surface area (Å²) in [6.45, 7) is 4.17. The minimum absolute atomic E-state index is 0.208. The normalized spacial score (nSPS) is 28.5. The van der Waals surface area contributed by atoms with Crippen LogP contribution >= 0.6 is 16.1 Å². The van der Waals surface area contributed by atoms with Crippen molar-refractivity contribution in [1.29, 1.82) is 0 Å². The molecule has 0 radical (unpaired) electrons. The van der Waals surface area contributed by atoms with Gasteiger partial charge >= 0.3 is 0 Å². The highest BCUT2D eigenvalue weighted by Crippen LogP contribution is 2.29.